The van der Waals surface area contributed by atoms with Gasteiger partial charge in [0.25, 0.3) is 0 Å². The fourth-order valence-corrected chi connectivity index (χ4v) is 3.09. The molecule has 2 heterocycles. The average Bonchev–Trinajstić information content (AvgIpc) is 3.02. The molecule has 0 saturated carbocycles. The van der Waals surface area contributed by atoms with Gasteiger partial charge >= 0.3 is 0 Å². The highest BCUT2D eigenvalue weighted by Crippen LogP contribution is 2.22. The first-order valence-electron chi connectivity index (χ1n) is 9.04. The van der Waals surface area contributed by atoms with E-state index in [0.717, 1.165) is 5.56 Å². The van der Waals surface area contributed by atoms with Gasteiger partial charge in [-0.2, -0.15) is 0 Å². The minimum atomic E-state index is -0.00793. The highest BCUT2D eigenvalue weighted by Gasteiger charge is 2.26. The third-order valence-electron chi connectivity index (χ3n) is 4.67. The van der Waals surface area contributed by atoms with E-state index in [1.807, 2.05) is 56.0 Å². The van der Waals surface area contributed by atoms with Crippen LogP contribution in [0.5, 0.6) is 0 Å². The van der Waals surface area contributed by atoms with Crippen molar-refractivity contribution in [2.45, 2.75) is 27.2 Å². The number of hydrogen-bond donors (Lipinski definition) is 0. The minimum absolute atomic E-state index is 0.00793. The van der Waals surface area contributed by atoms with Crippen molar-refractivity contribution in [1.29, 1.82) is 0 Å². The van der Waals surface area contributed by atoms with E-state index in [-0.39, 0.29) is 24.2 Å². The lowest BCUT2D eigenvalue weighted by atomic mass is 10.1. The van der Waals surface area contributed by atoms with Gasteiger partial charge < -0.3 is 14.2 Å². The molecule has 6 heteroatoms. The van der Waals surface area contributed by atoms with Crippen molar-refractivity contribution < 1.29 is 14.0 Å². The first-order chi connectivity index (χ1) is 12.5. The summed E-state index contributed by atoms with van der Waals surface area (Å²) >= 11 is 0. The lowest BCUT2D eigenvalue weighted by Crippen LogP contribution is -2.51. The zero-order valence-corrected chi connectivity index (χ0v) is 15.6. The maximum absolute atomic E-state index is 12.6. The Morgan fingerprint density at radius 1 is 1.08 bits per heavy atom. The summed E-state index contributed by atoms with van der Waals surface area (Å²) in [6, 6.07) is 9.66. The summed E-state index contributed by atoms with van der Waals surface area (Å²) in [4.78, 5) is 32.8. The Morgan fingerprint density at radius 2 is 1.69 bits per heavy atom. The number of benzene rings is 1. The number of amides is 2. The average molecular weight is 355 g/mol. The standard InChI is InChI=1S/C20H25N3O3/c1-14(2)20(25)23-11-9-22(10-12-23)18(24)13-17-15(3)26-19(21-17)16-7-5-4-6-8-16/h4-8,14H,9-13H2,1-3H3. The van der Waals surface area contributed by atoms with Crippen LogP contribution < -0.4 is 0 Å². The number of carbonyl (C=O) groups excluding carboxylic acids is 2. The predicted octanol–water partition coefficient (Wildman–Crippen LogP) is 2.52. The SMILES string of the molecule is Cc1oc(-c2ccccc2)nc1CC(=O)N1CCN(C(=O)C(C)C)CC1. The van der Waals surface area contributed by atoms with Gasteiger partial charge in [0.15, 0.2) is 0 Å². The Labute approximate surface area is 153 Å². The quantitative estimate of drug-likeness (QED) is 0.845. The molecule has 0 N–H and O–H groups in total. The summed E-state index contributed by atoms with van der Waals surface area (Å²) in [5, 5.41) is 0. The molecule has 0 bridgehead atoms. The summed E-state index contributed by atoms with van der Waals surface area (Å²) < 4.78 is 5.73. The third kappa shape index (κ3) is 3.95. The summed E-state index contributed by atoms with van der Waals surface area (Å²) in [6.07, 6.45) is 0.223. The molecule has 0 unspecified atom stereocenters. The number of aromatic nitrogens is 1. The number of piperazine rings is 1. The number of nitrogens with zero attached hydrogens (tertiary/aromatic N) is 3. The molecule has 6 nitrogen and oxygen atoms in total. The maximum Gasteiger partial charge on any atom is 0.228 e. The molecule has 1 aromatic heterocycles. The lowest BCUT2D eigenvalue weighted by Gasteiger charge is -2.35. The van der Waals surface area contributed by atoms with Crippen LogP contribution in [-0.2, 0) is 16.0 Å². The van der Waals surface area contributed by atoms with Crippen LogP contribution in [0.4, 0.5) is 0 Å². The van der Waals surface area contributed by atoms with E-state index in [1.54, 1.807) is 4.90 Å². The predicted molar refractivity (Wildman–Crippen MR) is 98.4 cm³/mol. The van der Waals surface area contributed by atoms with Gasteiger partial charge in [-0.1, -0.05) is 32.0 Å². The van der Waals surface area contributed by atoms with Gasteiger partial charge in [-0.3, -0.25) is 9.59 Å². The second-order valence-corrected chi connectivity index (χ2v) is 6.93. The maximum atomic E-state index is 12.6. The Bertz CT molecular complexity index is 775. The Hall–Kier alpha value is -2.63. The minimum Gasteiger partial charge on any atom is -0.441 e. The molecule has 0 radical (unpaired) electrons. The zero-order chi connectivity index (χ0) is 18.7. The van der Waals surface area contributed by atoms with Gasteiger partial charge in [0.2, 0.25) is 17.7 Å². The fourth-order valence-electron chi connectivity index (χ4n) is 3.09. The van der Waals surface area contributed by atoms with Crippen molar-refractivity contribution >= 4 is 11.8 Å². The zero-order valence-electron chi connectivity index (χ0n) is 15.6. The summed E-state index contributed by atoms with van der Waals surface area (Å²) in [7, 11) is 0. The van der Waals surface area contributed by atoms with Gasteiger partial charge in [-0.05, 0) is 19.1 Å². The Kier molecular flexibility index (Phi) is 5.40. The molecular weight excluding hydrogens is 330 g/mol. The molecule has 3 rings (SSSR count). The van der Waals surface area contributed by atoms with Crippen molar-refractivity contribution in [1.82, 2.24) is 14.8 Å². The van der Waals surface area contributed by atoms with Crippen molar-refractivity contribution in [3.05, 3.63) is 41.8 Å². The molecule has 1 fully saturated rings. The molecule has 0 atom stereocenters. The molecule has 2 amide bonds. The number of hydrogen-bond acceptors (Lipinski definition) is 4. The summed E-state index contributed by atoms with van der Waals surface area (Å²) in [5.41, 5.74) is 1.57. The third-order valence-corrected chi connectivity index (χ3v) is 4.67. The molecule has 0 aliphatic carbocycles. The first-order valence-corrected chi connectivity index (χ1v) is 9.04. The van der Waals surface area contributed by atoms with Crippen molar-refractivity contribution in [2.75, 3.05) is 26.2 Å². The van der Waals surface area contributed by atoms with Crippen LogP contribution in [0.3, 0.4) is 0 Å². The largest absolute Gasteiger partial charge is 0.441 e. The summed E-state index contributed by atoms with van der Waals surface area (Å²) in [6.45, 7) is 7.96. The normalized spacial score (nSPS) is 14.8. The highest BCUT2D eigenvalue weighted by molar-refractivity contribution is 5.80. The monoisotopic (exact) mass is 355 g/mol. The van der Waals surface area contributed by atoms with Crippen molar-refractivity contribution in [2.24, 2.45) is 5.92 Å². The highest BCUT2D eigenvalue weighted by atomic mass is 16.4. The fraction of sp³-hybridized carbons (Fsp3) is 0.450. The van der Waals surface area contributed by atoms with E-state index >= 15 is 0 Å². The van der Waals surface area contributed by atoms with E-state index in [4.69, 9.17) is 4.42 Å². The van der Waals surface area contributed by atoms with E-state index < -0.39 is 0 Å². The van der Waals surface area contributed by atoms with Gasteiger partial charge in [0, 0.05) is 37.7 Å². The molecule has 2 aromatic rings. The van der Waals surface area contributed by atoms with E-state index in [9.17, 15) is 9.59 Å². The van der Waals surface area contributed by atoms with Gasteiger partial charge in [-0.25, -0.2) is 4.98 Å². The molecule has 0 spiro atoms. The second kappa shape index (κ2) is 7.72. The first kappa shape index (κ1) is 18.2. The van der Waals surface area contributed by atoms with Crippen LogP contribution in [0.2, 0.25) is 0 Å². The molecule has 1 saturated heterocycles. The lowest BCUT2D eigenvalue weighted by molar-refractivity contribution is -0.141. The molecule has 138 valence electrons. The number of oxazole rings is 1. The summed E-state index contributed by atoms with van der Waals surface area (Å²) in [5.74, 6) is 1.38. The number of rotatable bonds is 4. The Morgan fingerprint density at radius 3 is 2.31 bits per heavy atom. The van der Waals surface area contributed by atoms with Crippen molar-refractivity contribution in [3.8, 4) is 11.5 Å². The Balaban J connectivity index is 1.61. The van der Waals surface area contributed by atoms with Crippen LogP contribution in [0, 0.1) is 12.8 Å². The van der Waals surface area contributed by atoms with Crippen LogP contribution in [0.25, 0.3) is 11.5 Å². The van der Waals surface area contributed by atoms with Crippen LogP contribution in [0.1, 0.15) is 25.3 Å². The topological polar surface area (TPSA) is 66.7 Å². The smallest absolute Gasteiger partial charge is 0.228 e. The van der Waals surface area contributed by atoms with Crippen molar-refractivity contribution in [3.63, 3.8) is 0 Å². The van der Waals surface area contributed by atoms with Crippen LogP contribution in [-0.4, -0.2) is 52.8 Å². The molecule has 1 aromatic carbocycles. The number of carbonyl (C=O) groups is 2. The van der Waals surface area contributed by atoms with E-state index in [1.165, 1.54) is 0 Å². The second-order valence-electron chi connectivity index (χ2n) is 6.93. The van der Waals surface area contributed by atoms with Gasteiger partial charge in [-0.15, -0.1) is 0 Å². The van der Waals surface area contributed by atoms with Gasteiger partial charge in [0.05, 0.1) is 12.1 Å². The molecule has 26 heavy (non-hydrogen) atoms. The molecule has 1 aliphatic rings. The number of aryl methyl sites for hydroxylation is 1. The molecular formula is C20H25N3O3. The van der Waals surface area contributed by atoms with E-state index in [0.29, 0.717) is 43.5 Å². The molecule has 1 aliphatic heterocycles. The van der Waals surface area contributed by atoms with Crippen LogP contribution in [0.15, 0.2) is 34.7 Å². The van der Waals surface area contributed by atoms with Gasteiger partial charge in [0.1, 0.15) is 5.76 Å². The van der Waals surface area contributed by atoms with E-state index in [2.05, 4.69) is 4.98 Å². The van der Waals surface area contributed by atoms with Crippen LogP contribution >= 0.6 is 0 Å².